The van der Waals surface area contributed by atoms with E-state index in [1.165, 1.54) is 31.6 Å². The molecule has 0 saturated heterocycles. The summed E-state index contributed by atoms with van der Waals surface area (Å²) in [5.41, 5.74) is 0.750. The van der Waals surface area contributed by atoms with E-state index < -0.39 is 0 Å². The molecule has 6 nitrogen and oxygen atoms in total. The standard InChI is InChI=1S/C7H4BrNO2.C7H5NO2/c8-2-6(10)7-1-5(3-9)4-11-7;1-5(9)7-2-6(3-8)4-10-7/h1,4H,2H2;2,4H,1H3. The third-order valence-corrected chi connectivity index (χ3v) is 2.71. The summed E-state index contributed by atoms with van der Waals surface area (Å²) in [5, 5.41) is 16.9. The lowest BCUT2D eigenvalue weighted by Crippen LogP contribution is -1.96. The zero-order valence-corrected chi connectivity index (χ0v) is 12.5. The monoisotopic (exact) mass is 348 g/mol. The predicted molar refractivity (Wildman–Crippen MR) is 75.0 cm³/mol. The number of furan rings is 2. The normalized spacial score (nSPS) is 8.95. The van der Waals surface area contributed by atoms with Crippen LogP contribution in [-0.2, 0) is 0 Å². The molecule has 0 aliphatic rings. The number of nitrogens with zero attached hydrogens (tertiary/aromatic N) is 2. The third-order valence-electron chi connectivity index (χ3n) is 2.20. The molecule has 0 bridgehead atoms. The van der Waals surface area contributed by atoms with Gasteiger partial charge in [-0.3, -0.25) is 9.59 Å². The minimum atomic E-state index is -0.165. The van der Waals surface area contributed by atoms with Crippen molar-refractivity contribution in [3.05, 3.63) is 47.3 Å². The molecule has 0 N–H and O–H groups in total. The van der Waals surface area contributed by atoms with Crippen LogP contribution < -0.4 is 0 Å². The maximum Gasteiger partial charge on any atom is 0.208 e. The summed E-state index contributed by atoms with van der Waals surface area (Å²) < 4.78 is 9.55. The average molecular weight is 349 g/mol. The van der Waals surface area contributed by atoms with Crippen LogP contribution in [0.25, 0.3) is 0 Å². The lowest BCUT2D eigenvalue weighted by molar-refractivity contribution is 0.0982. The molecule has 2 aromatic rings. The smallest absolute Gasteiger partial charge is 0.208 e. The molecule has 0 aliphatic carbocycles. The Kier molecular flexibility index (Phi) is 6.12. The van der Waals surface area contributed by atoms with E-state index in [0.717, 1.165) is 0 Å². The van der Waals surface area contributed by atoms with Gasteiger partial charge in [-0.25, -0.2) is 0 Å². The molecule has 106 valence electrons. The van der Waals surface area contributed by atoms with Gasteiger partial charge in [-0.15, -0.1) is 0 Å². The summed E-state index contributed by atoms with van der Waals surface area (Å²) in [6, 6.07) is 6.56. The summed E-state index contributed by atoms with van der Waals surface area (Å²) in [6.07, 6.45) is 2.52. The maximum atomic E-state index is 10.9. The second kappa shape index (κ2) is 7.83. The number of hydrogen-bond donors (Lipinski definition) is 0. The van der Waals surface area contributed by atoms with E-state index >= 15 is 0 Å². The van der Waals surface area contributed by atoms with E-state index in [1.807, 2.05) is 12.1 Å². The molecule has 2 heterocycles. The number of nitriles is 2. The van der Waals surface area contributed by atoms with Gasteiger partial charge in [0.15, 0.2) is 17.3 Å². The van der Waals surface area contributed by atoms with Crippen molar-refractivity contribution in [1.29, 1.82) is 10.5 Å². The first-order valence-electron chi connectivity index (χ1n) is 5.59. The summed E-state index contributed by atoms with van der Waals surface area (Å²) in [4.78, 5) is 21.5. The van der Waals surface area contributed by atoms with Gasteiger partial charge in [0.2, 0.25) is 5.78 Å². The average Bonchev–Trinajstić information content (AvgIpc) is 3.15. The number of carbonyl (C=O) groups excluding carboxylic acids is 2. The topological polar surface area (TPSA) is 108 Å². The van der Waals surface area contributed by atoms with E-state index in [1.54, 1.807) is 0 Å². The quantitative estimate of drug-likeness (QED) is 0.622. The molecule has 0 fully saturated rings. The van der Waals surface area contributed by atoms with Crippen molar-refractivity contribution in [2.24, 2.45) is 0 Å². The molecule has 0 radical (unpaired) electrons. The number of carbonyl (C=O) groups is 2. The van der Waals surface area contributed by atoms with Gasteiger partial charge < -0.3 is 8.83 Å². The Morgan fingerprint density at radius 1 is 1.10 bits per heavy atom. The van der Waals surface area contributed by atoms with Crippen LogP contribution in [0.5, 0.6) is 0 Å². The van der Waals surface area contributed by atoms with Crippen molar-refractivity contribution in [2.45, 2.75) is 6.92 Å². The number of ketones is 2. The van der Waals surface area contributed by atoms with Crippen molar-refractivity contribution in [2.75, 3.05) is 5.33 Å². The van der Waals surface area contributed by atoms with Gasteiger partial charge in [0.25, 0.3) is 0 Å². The Morgan fingerprint density at radius 3 is 1.90 bits per heavy atom. The number of rotatable bonds is 3. The van der Waals surface area contributed by atoms with Gasteiger partial charge in [-0.2, -0.15) is 10.5 Å². The minimum absolute atomic E-state index is 0.161. The predicted octanol–water partition coefficient (Wildman–Crippen LogP) is 3.08. The van der Waals surface area contributed by atoms with Gasteiger partial charge in [0, 0.05) is 19.1 Å². The van der Waals surface area contributed by atoms with Crippen molar-refractivity contribution < 1.29 is 18.4 Å². The minimum Gasteiger partial charge on any atom is -0.460 e. The van der Waals surface area contributed by atoms with Gasteiger partial charge >= 0.3 is 0 Å². The molecule has 21 heavy (non-hydrogen) atoms. The number of alkyl halides is 1. The van der Waals surface area contributed by atoms with Gasteiger partial charge in [-0.1, -0.05) is 15.9 Å². The van der Waals surface area contributed by atoms with Gasteiger partial charge in [0.1, 0.15) is 24.7 Å². The Balaban J connectivity index is 0.000000211. The van der Waals surface area contributed by atoms with Crippen molar-refractivity contribution in [3.63, 3.8) is 0 Å². The fourth-order valence-electron chi connectivity index (χ4n) is 1.19. The van der Waals surface area contributed by atoms with Crippen LogP contribution in [0.2, 0.25) is 0 Å². The fraction of sp³-hybridized carbons (Fsp3) is 0.143. The summed E-state index contributed by atoms with van der Waals surface area (Å²) in [5.74, 6) is 0.128. The molecule has 0 atom stereocenters. The van der Waals surface area contributed by atoms with Crippen LogP contribution in [0.4, 0.5) is 0 Å². The van der Waals surface area contributed by atoms with Crippen LogP contribution in [0.15, 0.2) is 33.5 Å². The Bertz CT molecular complexity index is 731. The highest BCUT2D eigenvalue weighted by molar-refractivity contribution is 9.09. The molecule has 0 aliphatic heterocycles. The molecule has 0 aromatic carbocycles. The molecular formula is C14H9BrN2O4. The van der Waals surface area contributed by atoms with E-state index in [-0.39, 0.29) is 28.4 Å². The fourth-order valence-corrected chi connectivity index (χ4v) is 1.46. The zero-order valence-electron chi connectivity index (χ0n) is 10.9. The molecule has 0 amide bonds. The SMILES string of the molecule is CC(=O)c1cc(C#N)co1.N#Cc1coc(C(=O)CBr)c1. The lowest BCUT2D eigenvalue weighted by Gasteiger charge is -1.85. The van der Waals surface area contributed by atoms with Crippen molar-refractivity contribution in [3.8, 4) is 12.1 Å². The molecule has 7 heteroatoms. The summed E-state index contributed by atoms with van der Waals surface area (Å²) in [6.45, 7) is 1.39. The maximum absolute atomic E-state index is 10.9. The third kappa shape index (κ3) is 4.75. The number of Topliss-reactive ketones (excluding diaryl/α,β-unsaturated/α-hetero) is 2. The Hall–Kier alpha value is -2.64. The first kappa shape index (κ1) is 16.4. The van der Waals surface area contributed by atoms with Crippen LogP contribution in [0, 0.1) is 22.7 Å². The second-order valence-corrected chi connectivity index (χ2v) is 4.30. The van der Waals surface area contributed by atoms with Crippen LogP contribution in [-0.4, -0.2) is 16.9 Å². The number of halogens is 1. The first-order chi connectivity index (χ1) is 10.0. The summed E-state index contributed by atoms with van der Waals surface area (Å²) >= 11 is 2.99. The molecule has 0 unspecified atom stereocenters. The highest BCUT2D eigenvalue weighted by Gasteiger charge is 2.08. The van der Waals surface area contributed by atoms with E-state index in [9.17, 15) is 9.59 Å². The molecule has 2 aromatic heterocycles. The summed E-state index contributed by atoms with van der Waals surface area (Å²) in [7, 11) is 0. The van der Waals surface area contributed by atoms with E-state index in [2.05, 4.69) is 15.9 Å². The van der Waals surface area contributed by atoms with Gasteiger partial charge in [0.05, 0.1) is 16.5 Å². The Labute approximate surface area is 128 Å². The van der Waals surface area contributed by atoms with E-state index in [0.29, 0.717) is 11.1 Å². The molecule has 0 saturated carbocycles. The molecule has 0 spiro atoms. The zero-order chi connectivity index (χ0) is 15.8. The Morgan fingerprint density at radius 2 is 1.57 bits per heavy atom. The highest BCUT2D eigenvalue weighted by Crippen LogP contribution is 2.08. The van der Waals surface area contributed by atoms with Crippen LogP contribution in [0.3, 0.4) is 0 Å². The van der Waals surface area contributed by atoms with Crippen LogP contribution in [0.1, 0.15) is 39.2 Å². The highest BCUT2D eigenvalue weighted by atomic mass is 79.9. The lowest BCUT2D eigenvalue weighted by atomic mass is 10.3. The molecular weight excluding hydrogens is 340 g/mol. The second-order valence-electron chi connectivity index (χ2n) is 3.74. The van der Waals surface area contributed by atoms with Crippen LogP contribution >= 0.6 is 15.9 Å². The number of hydrogen-bond acceptors (Lipinski definition) is 6. The molecule has 2 rings (SSSR count). The van der Waals surface area contributed by atoms with Crippen molar-refractivity contribution in [1.82, 2.24) is 0 Å². The van der Waals surface area contributed by atoms with E-state index in [4.69, 9.17) is 19.4 Å². The van der Waals surface area contributed by atoms with Gasteiger partial charge in [-0.05, 0) is 0 Å². The first-order valence-corrected chi connectivity index (χ1v) is 6.71. The largest absolute Gasteiger partial charge is 0.460 e. The van der Waals surface area contributed by atoms with Crippen molar-refractivity contribution >= 4 is 27.5 Å².